The molecule has 1 N–H and O–H groups in total. The smallest absolute Gasteiger partial charge is 0.244 e. The van der Waals surface area contributed by atoms with Gasteiger partial charge in [0.15, 0.2) is 23.0 Å². The summed E-state index contributed by atoms with van der Waals surface area (Å²) in [6.07, 6.45) is 6.71. The first-order valence-corrected chi connectivity index (χ1v) is 8.82. The number of benzene rings is 1. The monoisotopic (exact) mass is 378 g/mol. The number of pyridine rings is 1. The number of hydrogen-bond acceptors (Lipinski definition) is 5. The number of methoxy groups -OCH3 is 1. The van der Waals surface area contributed by atoms with Crippen LogP contribution >= 0.6 is 0 Å². The fourth-order valence-electron chi connectivity index (χ4n) is 2.71. The highest BCUT2D eigenvalue weighted by Gasteiger charge is 2.14. The highest BCUT2D eigenvalue weighted by molar-refractivity contribution is 5.92. The minimum absolute atomic E-state index is 0.230. The van der Waals surface area contributed by atoms with Crippen LogP contribution in [0.15, 0.2) is 61.3 Å². The average molecular weight is 378 g/mol. The van der Waals surface area contributed by atoms with Crippen molar-refractivity contribution in [3.8, 4) is 11.5 Å². The average Bonchev–Trinajstić information content (AvgIpc) is 3.15. The fraction of sp³-hybridized carbons (Fsp3) is 0.190. The van der Waals surface area contributed by atoms with E-state index in [4.69, 9.17) is 9.47 Å². The fourth-order valence-corrected chi connectivity index (χ4v) is 2.71. The van der Waals surface area contributed by atoms with E-state index in [1.54, 1.807) is 31.4 Å². The van der Waals surface area contributed by atoms with Gasteiger partial charge in [0, 0.05) is 12.3 Å². The summed E-state index contributed by atoms with van der Waals surface area (Å²) in [7, 11) is 1.57. The Hall–Kier alpha value is -3.61. The molecule has 28 heavy (non-hydrogen) atoms. The van der Waals surface area contributed by atoms with Crippen LogP contribution in [0.5, 0.6) is 11.5 Å². The van der Waals surface area contributed by atoms with E-state index in [1.165, 1.54) is 6.08 Å². The Morgan fingerprint density at radius 2 is 2.14 bits per heavy atom. The zero-order valence-corrected chi connectivity index (χ0v) is 15.8. The van der Waals surface area contributed by atoms with E-state index in [1.807, 2.05) is 41.8 Å². The summed E-state index contributed by atoms with van der Waals surface area (Å²) in [6.45, 7) is 5.88. The lowest BCUT2D eigenvalue weighted by Gasteiger charge is -2.11. The normalized spacial score (nSPS) is 12.1. The molecule has 1 amide bonds. The second-order valence-corrected chi connectivity index (χ2v) is 6.06. The van der Waals surface area contributed by atoms with Crippen LogP contribution in [0.1, 0.15) is 24.4 Å². The Morgan fingerprint density at radius 3 is 2.93 bits per heavy atom. The maximum absolute atomic E-state index is 12.3. The number of aromatic nitrogens is 3. The highest BCUT2D eigenvalue weighted by Crippen LogP contribution is 2.28. The molecule has 0 radical (unpaired) electrons. The van der Waals surface area contributed by atoms with E-state index < -0.39 is 0 Å². The molecule has 3 aromatic rings. The Balaban J connectivity index is 1.67. The van der Waals surface area contributed by atoms with Crippen molar-refractivity contribution in [1.29, 1.82) is 0 Å². The van der Waals surface area contributed by atoms with Crippen molar-refractivity contribution in [2.24, 2.45) is 0 Å². The van der Waals surface area contributed by atoms with E-state index in [-0.39, 0.29) is 11.9 Å². The molecular formula is C21H22N4O3. The summed E-state index contributed by atoms with van der Waals surface area (Å²) < 4.78 is 12.7. The predicted molar refractivity (Wildman–Crippen MR) is 107 cm³/mol. The van der Waals surface area contributed by atoms with E-state index in [9.17, 15) is 4.79 Å². The second kappa shape index (κ2) is 8.85. The molecule has 144 valence electrons. The van der Waals surface area contributed by atoms with Crippen LogP contribution in [0.4, 0.5) is 0 Å². The largest absolute Gasteiger partial charge is 0.493 e. The van der Waals surface area contributed by atoms with Gasteiger partial charge in [0.25, 0.3) is 0 Å². The minimum atomic E-state index is -0.293. The lowest BCUT2D eigenvalue weighted by Crippen LogP contribution is -2.26. The number of hydrogen-bond donors (Lipinski definition) is 1. The SMILES string of the molecule is C=CCOc1ccc(/C=C/C(=O)NC(C)c2nnc3ccccn23)cc1OC. The van der Waals surface area contributed by atoms with Gasteiger partial charge in [-0.05, 0) is 42.8 Å². The van der Waals surface area contributed by atoms with Crippen LogP contribution in [0.2, 0.25) is 0 Å². The first-order valence-electron chi connectivity index (χ1n) is 8.82. The number of amides is 1. The molecule has 7 heteroatoms. The minimum Gasteiger partial charge on any atom is -0.493 e. The summed E-state index contributed by atoms with van der Waals surface area (Å²) >= 11 is 0. The van der Waals surface area contributed by atoms with Crippen LogP contribution in [-0.4, -0.2) is 34.2 Å². The van der Waals surface area contributed by atoms with Crippen molar-refractivity contribution >= 4 is 17.6 Å². The molecular weight excluding hydrogens is 356 g/mol. The molecule has 1 aromatic carbocycles. The Morgan fingerprint density at radius 1 is 1.29 bits per heavy atom. The third kappa shape index (κ3) is 4.37. The Kier molecular flexibility index (Phi) is 6.06. The topological polar surface area (TPSA) is 77.8 Å². The van der Waals surface area contributed by atoms with E-state index in [0.29, 0.717) is 23.9 Å². The van der Waals surface area contributed by atoms with Gasteiger partial charge in [-0.3, -0.25) is 9.20 Å². The number of rotatable bonds is 8. The lowest BCUT2D eigenvalue weighted by atomic mass is 10.2. The quantitative estimate of drug-likeness (QED) is 0.481. The second-order valence-electron chi connectivity index (χ2n) is 6.06. The van der Waals surface area contributed by atoms with E-state index in [0.717, 1.165) is 11.2 Å². The van der Waals surface area contributed by atoms with Crippen LogP contribution < -0.4 is 14.8 Å². The Bertz CT molecular complexity index is 1010. The molecule has 0 spiro atoms. The van der Waals surface area contributed by atoms with Crippen LogP contribution in [0.3, 0.4) is 0 Å². The number of carbonyl (C=O) groups excluding carboxylic acids is 1. The van der Waals surface area contributed by atoms with Crippen molar-refractivity contribution in [3.63, 3.8) is 0 Å². The van der Waals surface area contributed by atoms with Crippen molar-refractivity contribution in [2.75, 3.05) is 13.7 Å². The number of ether oxygens (including phenoxy) is 2. The number of nitrogens with one attached hydrogen (secondary N) is 1. The summed E-state index contributed by atoms with van der Waals surface area (Å²) in [6, 6.07) is 10.8. The zero-order valence-electron chi connectivity index (χ0n) is 15.8. The molecule has 0 saturated carbocycles. The number of carbonyl (C=O) groups is 1. The van der Waals surface area contributed by atoms with Gasteiger partial charge in [0.1, 0.15) is 6.61 Å². The van der Waals surface area contributed by atoms with Gasteiger partial charge in [-0.1, -0.05) is 24.8 Å². The molecule has 0 aliphatic carbocycles. The summed E-state index contributed by atoms with van der Waals surface area (Å²) in [5.74, 6) is 1.65. The molecule has 0 aliphatic heterocycles. The van der Waals surface area contributed by atoms with Gasteiger partial charge in [0.2, 0.25) is 5.91 Å². The van der Waals surface area contributed by atoms with Gasteiger partial charge in [-0.15, -0.1) is 10.2 Å². The van der Waals surface area contributed by atoms with Crippen LogP contribution in [0.25, 0.3) is 11.7 Å². The van der Waals surface area contributed by atoms with Crippen LogP contribution in [-0.2, 0) is 4.79 Å². The lowest BCUT2D eigenvalue weighted by molar-refractivity contribution is -0.117. The first-order chi connectivity index (χ1) is 13.6. The third-order valence-electron chi connectivity index (χ3n) is 4.06. The maximum atomic E-state index is 12.3. The van der Waals surface area contributed by atoms with Crippen molar-refractivity contribution in [3.05, 3.63) is 72.7 Å². The van der Waals surface area contributed by atoms with Crippen molar-refractivity contribution in [2.45, 2.75) is 13.0 Å². The Labute approximate surface area is 163 Å². The molecule has 1 atom stereocenters. The summed E-state index contributed by atoms with van der Waals surface area (Å²) in [5, 5.41) is 11.2. The highest BCUT2D eigenvalue weighted by atomic mass is 16.5. The van der Waals surface area contributed by atoms with Gasteiger partial charge >= 0.3 is 0 Å². The molecule has 0 aliphatic rings. The number of nitrogens with zero attached hydrogens (tertiary/aromatic N) is 3. The molecule has 0 fully saturated rings. The molecule has 0 bridgehead atoms. The summed E-state index contributed by atoms with van der Waals surface area (Å²) in [5.41, 5.74) is 1.55. The molecule has 1 unspecified atom stereocenters. The van der Waals surface area contributed by atoms with Gasteiger partial charge in [-0.2, -0.15) is 0 Å². The van der Waals surface area contributed by atoms with E-state index >= 15 is 0 Å². The third-order valence-corrected chi connectivity index (χ3v) is 4.06. The van der Waals surface area contributed by atoms with Gasteiger partial charge < -0.3 is 14.8 Å². The van der Waals surface area contributed by atoms with Crippen molar-refractivity contribution in [1.82, 2.24) is 19.9 Å². The molecule has 0 saturated heterocycles. The standard InChI is InChI=1S/C21H22N4O3/c1-4-13-28-17-10-8-16(14-18(17)27-3)9-11-20(26)22-15(2)21-24-23-19-7-5-6-12-25(19)21/h4-12,14-15H,1,13H2,2-3H3,(H,22,26)/b11-9+. The first kappa shape index (κ1) is 19.2. The van der Waals surface area contributed by atoms with Crippen molar-refractivity contribution < 1.29 is 14.3 Å². The van der Waals surface area contributed by atoms with E-state index in [2.05, 4.69) is 22.1 Å². The maximum Gasteiger partial charge on any atom is 0.244 e. The molecule has 7 nitrogen and oxygen atoms in total. The van der Waals surface area contributed by atoms with Crippen LogP contribution in [0, 0.1) is 0 Å². The van der Waals surface area contributed by atoms with Gasteiger partial charge in [0.05, 0.1) is 13.2 Å². The molecule has 3 rings (SSSR count). The zero-order chi connectivity index (χ0) is 19.9. The molecule has 2 heterocycles. The summed E-state index contributed by atoms with van der Waals surface area (Å²) in [4.78, 5) is 12.3. The van der Waals surface area contributed by atoms with Gasteiger partial charge in [-0.25, -0.2) is 0 Å². The molecule has 2 aromatic heterocycles. The number of fused-ring (bicyclic) bond motifs is 1. The predicted octanol–water partition coefficient (Wildman–Crippen LogP) is 3.19.